The minimum Gasteiger partial charge on any atom is -0.308 e. The maximum Gasteiger partial charge on any atom is 0.0762 e. The van der Waals surface area contributed by atoms with Crippen molar-refractivity contribution in [1.29, 1.82) is 0 Å². The van der Waals surface area contributed by atoms with Crippen LogP contribution in [0.4, 0.5) is 0 Å². The zero-order chi connectivity index (χ0) is 12.1. The SMILES string of the molecule is CCC(C)n1ccc(CNC2CCSCC2)n1. The fraction of sp³-hybridized carbons (Fsp3) is 0.769. The lowest BCUT2D eigenvalue weighted by molar-refractivity contribution is 0.455. The quantitative estimate of drug-likeness (QED) is 0.875. The second-order valence-corrected chi connectivity index (χ2v) is 6.04. The molecule has 3 nitrogen and oxygen atoms in total. The Hall–Kier alpha value is -0.480. The molecule has 0 radical (unpaired) electrons. The van der Waals surface area contributed by atoms with Crippen LogP contribution < -0.4 is 5.32 Å². The Morgan fingerprint density at radius 2 is 2.29 bits per heavy atom. The highest BCUT2D eigenvalue weighted by atomic mass is 32.2. The van der Waals surface area contributed by atoms with Crippen LogP contribution in [-0.4, -0.2) is 27.3 Å². The smallest absolute Gasteiger partial charge is 0.0762 e. The van der Waals surface area contributed by atoms with E-state index in [2.05, 4.69) is 53.0 Å². The summed E-state index contributed by atoms with van der Waals surface area (Å²) in [4.78, 5) is 0. The minimum atomic E-state index is 0.509. The standard InChI is InChI=1S/C13H23N3S/c1-3-11(2)16-7-4-13(15-16)10-14-12-5-8-17-9-6-12/h4,7,11-12,14H,3,5-6,8-10H2,1-2H3. The molecule has 2 rings (SSSR count). The number of hydrogen-bond donors (Lipinski definition) is 1. The summed E-state index contributed by atoms with van der Waals surface area (Å²) in [5, 5.41) is 8.23. The number of rotatable bonds is 5. The molecule has 0 aliphatic carbocycles. The molecule has 1 unspecified atom stereocenters. The molecule has 17 heavy (non-hydrogen) atoms. The molecule has 1 aliphatic rings. The first kappa shape index (κ1) is 13.0. The Kier molecular flexibility index (Phi) is 4.92. The Labute approximate surface area is 108 Å². The summed E-state index contributed by atoms with van der Waals surface area (Å²) in [5.41, 5.74) is 1.17. The molecule has 1 N–H and O–H groups in total. The van der Waals surface area contributed by atoms with Gasteiger partial charge in [-0.3, -0.25) is 4.68 Å². The van der Waals surface area contributed by atoms with Crippen LogP contribution in [0.1, 0.15) is 44.8 Å². The van der Waals surface area contributed by atoms with E-state index in [1.165, 1.54) is 30.0 Å². The molecular weight excluding hydrogens is 230 g/mol. The van der Waals surface area contributed by atoms with Crippen LogP contribution in [0.15, 0.2) is 12.3 Å². The summed E-state index contributed by atoms with van der Waals surface area (Å²) in [6, 6.07) is 3.34. The van der Waals surface area contributed by atoms with Crippen molar-refractivity contribution in [2.75, 3.05) is 11.5 Å². The van der Waals surface area contributed by atoms with Gasteiger partial charge in [-0.15, -0.1) is 0 Å². The van der Waals surface area contributed by atoms with Gasteiger partial charge in [-0.2, -0.15) is 16.9 Å². The van der Waals surface area contributed by atoms with Gasteiger partial charge < -0.3 is 5.32 Å². The highest BCUT2D eigenvalue weighted by molar-refractivity contribution is 7.99. The average Bonchev–Trinajstić information content (AvgIpc) is 2.85. The molecule has 1 aliphatic heterocycles. The maximum absolute atomic E-state index is 4.61. The Balaban J connectivity index is 1.80. The van der Waals surface area contributed by atoms with Gasteiger partial charge in [0.05, 0.1) is 5.69 Å². The summed E-state index contributed by atoms with van der Waals surface area (Å²) in [7, 11) is 0. The number of aromatic nitrogens is 2. The highest BCUT2D eigenvalue weighted by Crippen LogP contribution is 2.17. The fourth-order valence-corrected chi connectivity index (χ4v) is 3.16. The van der Waals surface area contributed by atoms with Crippen LogP contribution in [0.25, 0.3) is 0 Å². The molecule has 0 amide bonds. The predicted octanol–water partition coefficient (Wildman–Crippen LogP) is 2.84. The third kappa shape index (κ3) is 3.75. The number of nitrogens with zero attached hydrogens (tertiary/aromatic N) is 2. The largest absolute Gasteiger partial charge is 0.308 e. The van der Waals surface area contributed by atoms with Crippen LogP contribution in [0.2, 0.25) is 0 Å². The molecule has 96 valence electrons. The van der Waals surface area contributed by atoms with Crippen molar-refractivity contribution in [3.63, 3.8) is 0 Å². The van der Waals surface area contributed by atoms with Crippen LogP contribution in [0.5, 0.6) is 0 Å². The topological polar surface area (TPSA) is 29.9 Å². The Morgan fingerprint density at radius 1 is 1.53 bits per heavy atom. The molecule has 2 heterocycles. The molecule has 0 bridgehead atoms. The van der Waals surface area contributed by atoms with E-state index < -0.39 is 0 Å². The van der Waals surface area contributed by atoms with Crippen LogP contribution in [0.3, 0.4) is 0 Å². The van der Waals surface area contributed by atoms with Crippen molar-refractivity contribution < 1.29 is 0 Å². The molecule has 0 spiro atoms. The van der Waals surface area contributed by atoms with E-state index in [0.717, 1.165) is 13.0 Å². The predicted molar refractivity (Wildman–Crippen MR) is 74.4 cm³/mol. The number of nitrogens with one attached hydrogen (secondary N) is 1. The van der Waals surface area contributed by atoms with E-state index in [1.807, 2.05) is 0 Å². The van der Waals surface area contributed by atoms with Gasteiger partial charge in [-0.1, -0.05) is 6.92 Å². The van der Waals surface area contributed by atoms with E-state index in [4.69, 9.17) is 0 Å². The van der Waals surface area contributed by atoms with Gasteiger partial charge >= 0.3 is 0 Å². The van der Waals surface area contributed by atoms with Gasteiger partial charge in [-0.25, -0.2) is 0 Å². The van der Waals surface area contributed by atoms with Gasteiger partial charge in [0.25, 0.3) is 0 Å². The van der Waals surface area contributed by atoms with Crippen molar-refractivity contribution in [3.8, 4) is 0 Å². The second kappa shape index (κ2) is 6.45. The zero-order valence-electron chi connectivity index (χ0n) is 10.9. The van der Waals surface area contributed by atoms with Crippen LogP contribution in [-0.2, 0) is 6.54 Å². The van der Waals surface area contributed by atoms with Gasteiger partial charge in [-0.05, 0) is 43.8 Å². The van der Waals surface area contributed by atoms with Gasteiger partial charge in [0.1, 0.15) is 0 Å². The second-order valence-electron chi connectivity index (χ2n) is 4.81. The van der Waals surface area contributed by atoms with Crippen molar-refractivity contribution in [3.05, 3.63) is 18.0 Å². The summed E-state index contributed by atoms with van der Waals surface area (Å²) in [6.45, 7) is 5.32. The van der Waals surface area contributed by atoms with E-state index >= 15 is 0 Å². The summed E-state index contributed by atoms with van der Waals surface area (Å²) in [5.74, 6) is 2.61. The molecule has 4 heteroatoms. The van der Waals surface area contributed by atoms with Gasteiger partial charge in [0.2, 0.25) is 0 Å². The maximum atomic E-state index is 4.61. The third-order valence-electron chi connectivity index (χ3n) is 3.50. The van der Waals surface area contributed by atoms with E-state index in [-0.39, 0.29) is 0 Å². The Morgan fingerprint density at radius 3 is 3.00 bits per heavy atom. The molecule has 1 saturated heterocycles. The molecular formula is C13H23N3S. The molecule has 0 aromatic carbocycles. The van der Waals surface area contributed by atoms with E-state index in [9.17, 15) is 0 Å². The lowest BCUT2D eigenvalue weighted by Crippen LogP contribution is -2.32. The molecule has 1 aromatic heterocycles. The number of thioether (sulfide) groups is 1. The minimum absolute atomic E-state index is 0.509. The van der Waals surface area contributed by atoms with Crippen molar-refractivity contribution >= 4 is 11.8 Å². The molecule has 1 aromatic rings. The normalized spacial score (nSPS) is 19.4. The highest BCUT2D eigenvalue weighted by Gasteiger charge is 2.13. The van der Waals surface area contributed by atoms with Crippen molar-refractivity contribution in [1.82, 2.24) is 15.1 Å². The number of hydrogen-bond acceptors (Lipinski definition) is 3. The fourth-order valence-electron chi connectivity index (χ4n) is 2.05. The van der Waals surface area contributed by atoms with E-state index in [0.29, 0.717) is 12.1 Å². The lowest BCUT2D eigenvalue weighted by atomic mass is 10.1. The Bertz CT molecular complexity index is 331. The molecule has 1 atom stereocenters. The van der Waals surface area contributed by atoms with Crippen LogP contribution >= 0.6 is 11.8 Å². The monoisotopic (exact) mass is 253 g/mol. The summed E-state index contributed by atoms with van der Waals surface area (Å²) >= 11 is 2.07. The average molecular weight is 253 g/mol. The first-order valence-electron chi connectivity index (χ1n) is 6.64. The third-order valence-corrected chi connectivity index (χ3v) is 4.55. The summed E-state index contributed by atoms with van der Waals surface area (Å²) < 4.78 is 2.08. The van der Waals surface area contributed by atoms with Gasteiger partial charge in [0, 0.05) is 24.8 Å². The lowest BCUT2D eigenvalue weighted by Gasteiger charge is -2.22. The van der Waals surface area contributed by atoms with Crippen molar-refractivity contribution in [2.45, 2.75) is 51.7 Å². The first-order chi connectivity index (χ1) is 8.29. The first-order valence-corrected chi connectivity index (χ1v) is 7.80. The van der Waals surface area contributed by atoms with Crippen molar-refractivity contribution in [2.24, 2.45) is 0 Å². The van der Waals surface area contributed by atoms with E-state index in [1.54, 1.807) is 0 Å². The molecule has 1 fully saturated rings. The summed E-state index contributed by atoms with van der Waals surface area (Å²) in [6.07, 6.45) is 5.84. The molecule has 0 saturated carbocycles. The van der Waals surface area contributed by atoms with Crippen LogP contribution in [0, 0.1) is 0 Å². The zero-order valence-corrected chi connectivity index (χ0v) is 11.7. The van der Waals surface area contributed by atoms with Gasteiger partial charge in [0.15, 0.2) is 0 Å².